The maximum absolute atomic E-state index is 12.0. The molecule has 2 aromatic rings. The van der Waals surface area contributed by atoms with Gasteiger partial charge < -0.3 is 10.4 Å². The third-order valence-corrected chi connectivity index (χ3v) is 4.25. The van der Waals surface area contributed by atoms with E-state index in [9.17, 15) is 14.7 Å². The standard InChI is InChI=1S/C17H17NO3S/c1-12-6-5-9-14(10-12)18-15(19)11-22-16(17(20)21)13-7-3-2-4-8-13/h2-10,16H,11H2,1H3,(H,18,19)(H,20,21). The Hall–Kier alpha value is -2.27. The summed E-state index contributed by atoms with van der Waals surface area (Å²) < 4.78 is 0. The summed E-state index contributed by atoms with van der Waals surface area (Å²) in [6, 6.07) is 16.4. The van der Waals surface area contributed by atoms with Gasteiger partial charge in [0.25, 0.3) is 0 Å². The van der Waals surface area contributed by atoms with E-state index in [1.54, 1.807) is 30.3 Å². The van der Waals surface area contributed by atoms with Gasteiger partial charge in [-0.25, -0.2) is 0 Å². The smallest absolute Gasteiger partial charge is 0.321 e. The number of amides is 1. The lowest BCUT2D eigenvalue weighted by atomic mass is 10.1. The van der Waals surface area contributed by atoms with Crippen molar-refractivity contribution in [2.75, 3.05) is 11.1 Å². The van der Waals surface area contributed by atoms with Gasteiger partial charge in [0.05, 0.1) is 5.75 Å². The number of aliphatic carboxylic acids is 1. The molecule has 4 nitrogen and oxygen atoms in total. The molecule has 114 valence electrons. The average molecular weight is 315 g/mol. The fourth-order valence-corrected chi connectivity index (χ4v) is 2.90. The van der Waals surface area contributed by atoms with Crippen molar-refractivity contribution in [2.24, 2.45) is 0 Å². The Kier molecular flexibility index (Phi) is 5.61. The topological polar surface area (TPSA) is 66.4 Å². The number of hydrogen-bond acceptors (Lipinski definition) is 3. The summed E-state index contributed by atoms with van der Waals surface area (Å²) in [5.74, 6) is -1.07. The second-order valence-electron chi connectivity index (χ2n) is 4.86. The Labute approximate surface area is 133 Å². The van der Waals surface area contributed by atoms with Gasteiger partial charge in [0.1, 0.15) is 5.25 Å². The lowest BCUT2D eigenvalue weighted by molar-refractivity contribution is -0.136. The summed E-state index contributed by atoms with van der Waals surface area (Å²) in [7, 11) is 0. The summed E-state index contributed by atoms with van der Waals surface area (Å²) in [6.07, 6.45) is 0. The second-order valence-corrected chi connectivity index (χ2v) is 5.95. The summed E-state index contributed by atoms with van der Waals surface area (Å²) in [4.78, 5) is 23.3. The van der Waals surface area contributed by atoms with Crippen molar-refractivity contribution in [3.05, 3.63) is 65.7 Å². The van der Waals surface area contributed by atoms with Gasteiger partial charge in [0.2, 0.25) is 5.91 Å². The molecule has 2 N–H and O–H groups in total. The maximum atomic E-state index is 12.0. The average Bonchev–Trinajstić information content (AvgIpc) is 2.48. The Bertz CT molecular complexity index is 658. The normalized spacial score (nSPS) is 11.7. The van der Waals surface area contributed by atoms with E-state index in [0.717, 1.165) is 23.0 Å². The molecule has 2 rings (SSSR count). The third kappa shape index (κ3) is 4.63. The Morgan fingerprint density at radius 2 is 1.86 bits per heavy atom. The predicted molar refractivity (Wildman–Crippen MR) is 89.1 cm³/mol. The molecular weight excluding hydrogens is 298 g/mol. The minimum absolute atomic E-state index is 0.0831. The number of anilines is 1. The van der Waals surface area contributed by atoms with E-state index in [0.29, 0.717) is 5.56 Å². The van der Waals surface area contributed by atoms with Crippen LogP contribution in [0.1, 0.15) is 16.4 Å². The van der Waals surface area contributed by atoms with Crippen molar-refractivity contribution >= 4 is 29.3 Å². The van der Waals surface area contributed by atoms with Gasteiger partial charge in [-0.2, -0.15) is 0 Å². The molecule has 0 fully saturated rings. The number of carbonyl (C=O) groups excluding carboxylic acids is 1. The minimum atomic E-state index is -0.945. The number of hydrogen-bond donors (Lipinski definition) is 2. The maximum Gasteiger partial charge on any atom is 0.321 e. The summed E-state index contributed by atoms with van der Waals surface area (Å²) in [5, 5.41) is 11.3. The molecule has 2 aromatic carbocycles. The van der Waals surface area contributed by atoms with Gasteiger partial charge >= 0.3 is 5.97 Å². The van der Waals surface area contributed by atoms with Crippen molar-refractivity contribution in [2.45, 2.75) is 12.2 Å². The first-order valence-electron chi connectivity index (χ1n) is 6.82. The van der Waals surface area contributed by atoms with Crippen molar-refractivity contribution in [3.63, 3.8) is 0 Å². The van der Waals surface area contributed by atoms with Crippen molar-refractivity contribution in [1.82, 2.24) is 0 Å². The predicted octanol–water partition coefficient (Wildman–Crippen LogP) is 3.49. The molecule has 1 atom stereocenters. The number of aryl methyl sites for hydroxylation is 1. The highest BCUT2D eigenvalue weighted by atomic mass is 32.2. The first-order chi connectivity index (χ1) is 10.6. The number of thioether (sulfide) groups is 1. The van der Waals surface area contributed by atoms with Crippen LogP contribution in [-0.2, 0) is 9.59 Å². The second kappa shape index (κ2) is 7.66. The molecule has 5 heteroatoms. The molecule has 0 heterocycles. The molecule has 0 radical (unpaired) electrons. The monoisotopic (exact) mass is 315 g/mol. The largest absolute Gasteiger partial charge is 0.480 e. The number of benzene rings is 2. The molecule has 0 spiro atoms. The third-order valence-electron chi connectivity index (χ3n) is 3.01. The minimum Gasteiger partial charge on any atom is -0.480 e. The van der Waals surface area contributed by atoms with E-state index in [2.05, 4.69) is 5.32 Å². The zero-order chi connectivity index (χ0) is 15.9. The van der Waals surface area contributed by atoms with Crippen molar-refractivity contribution in [3.8, 4) is 0 Å². The number of carboxylic acid groups (broad SMARTS) is 1. The molecular formula is C17H17NO3S. The molecule has 0 aliphatic carbocycles. The van der Waals surface area contributed by atoms with Crippen molar-refractivity contribution in [1.29, 1.82) is 0 Å². The number of carboxylic acids is 1. The number of carbonyl (C=O) groups is 2. The SMILES string of the molecule is Cc1cccc(NC(=O)CSC(C(=O)O)c2ccccc2)c1. The molecule has 1 unspecified atom stereocenters. The van der Waals surface area contributed by atoms with Crippen LogP contribution < -0.4 is 5.32 Å². The summed E-state index contributed by atoms with van der Waals surface area (Å²) in [5.41, 5.74) is 2.46. The van der Waals surface area contributed by atoms with Crippen LogP contribution in [-0.4, -0.2) is 22.7 Å². The highest BCUT2D eigenvalue weighted by Crippen LogP contribution is 2.29. The first kappa shape index (κ1) is 16.1. The molecule has 0 aromatic heterocycles. The zero-order valence-electron chi connectivity index (χ0n) is 12.2. The van der Waals surface area contributed by atoms with Crippen LogP contribution in [0, 0.1) is 6.92 Å². The van der Waals surface area contributed by atoms with E-state index in [-0.39, 0.29) is 11.7 Å². The highest BCUT2D eigenvalue weighted by molar-refractivity contribution is 8.00. The fourth-order valence-electron chi connectivity index (χ4n) is 2.02. The highest BCUT2D eigenvalue weighted by Gasteiger charge is 2.21. The van der Waals surface area contributed by atoms with E-state index in [4.69, 9.17) is 0 Å². The molecule has 0 saturated heterocycles. The lowest BCUT2D eigenvalue weighted by Crippen LogP contribution is -2.17. The van der Waals surface area contributed by atoms with Crippen LogP contribution >= 0.6 is 11.8 Å². The van der Waals surface area contributed by atoms with Crippen LogP contribution in [0.2, 0.25) is 0 Å². The number of nitrogens with one attached hydrogen (secondary N) is 1. The van der Waals surface area contributed by atoms with Crippen LogP contribution in [0.5, 0.6) is 0 Å². The quantitative estimate of drug-likeness (QED) is 0.856. The van der Waals surface area contributed by atoms with Crippen molar-refractivity contribution < 1.29 is 14.7 Å². The van der Waals surface area contributed by atoms with Gasteiger partial charge in [-0.15, -0.1) is 11.8 Å². The van der Waals surface area contributed by atoms with Crippen LogP contribution in [0.3, 0.4) is 0 Å². The molecule has 0 saturated carbocycles. The van der Waals surface area contributed by atoms with Gasteiger partial charge in [0.15, 0.2) is 0 Å². The fraction of sp³-hybridized carbons (Fsp3) is 0.176. The molecule has 0 aliphatic rings. The Balaban J connectivity index is 1.95. The summed E-state index contributed by atoms with van der Waals surface area (Å²) >= 11 is 1.10. The summed E-state index contributed by atoms with van der Waals surface area (Å²) in [6.45, 7) is 1.94. The molecule has 22 heavy (non-hydrogen) atoms. The van der Waals surface area contributed by atoms with Crippen LogP contribution in [0.4, 0.5) is 5.69 Å². The van der Waals surface area contributed by atoms with Crippen LogP contribution in [0.25, 0.3) is 0 Å². The molecule has 0 bridgehead atoms. The van der Waals surface area contributed by atoms with E-state index in [1.165, 1.54) is 0 Å². The van der Waals surface area contributed by atoms with Gasteiger partial charge in [-0.1, -0.05) is 42.5 Å². The van der Waals surface area contributed by atoms with Gasteiger partial charge in [-0.3, -0.25) is 9.59 Å². The lowest BCUT2D eigenvalue weighted by Gasteiger charge is -2.12. The van der Waals surface area contributed by atoms with Gasteiger partial charge in [0, 0.05) is 5.69 Å². The zero-order valence-corrected chi connectivity index (χ0v) is 13.0. The van der Waals surface area contributed by atoms with E-state index >= 15 is 0 Å². The number of rotatable bonds is 6. The van der Waals surface area contributed by atoms with E-state index < -0.39 is 11.2 Å². The molecule has 0 aliphatic heterocycles. The van der Waals surface area contributed by atoms with E-state index in [1.807, 2.05) is 31.2 Å². The molecule has 1 amide bonds. The van der Waals surface area contributed by atoms with Crippen LogP contribution in [0.15, 0.2) is 54.6 Å². The Morgan fingerprint density at radius 1 is 1.14 bits per heavy atom. The Morgan fingerprint density at radius 3 is 2.50 bits per heavy atom. The van der Waals surface area contributed by atoms with Gasteiger partial charge in [-0.05, 0) is 30.2 Å². The first-order valence-corrected chi connectivity index (χ1v) is 7.87.